The van der Waals surface area contributed by atoms with E-state index in [4.69, 9.17) is 10.00 Å². The number of ether oxygens (including phenoxy) is 1. The molecule has 1 aliphatic heterocycles. The van der Waals surface area contributed by atoms with Crippen molar-refractivity contribution in [1.29, 1.82) is 5.26 Å². The Bertz CT molecular complexity index is 1550. The third kappa shape index (κ3) is 5.83. The van der Waals surface area contributed by atoms with Gasteiger partial charge in [0.1, 0.15) is 5.75 Å². The molecule has 9 nitrogen and oxygen atoms in total. The molecule has 1 aliphatic carbocycles. The van der Waals surface area contributed by atoms with Crippen LogP contribution in [0.25, 0.3) is 0 Å². The van der Waals surface area contributed by atoms with Gasteiger partial charge in [0.05, 0.1) is 22.4 Å². The fourth-order valence-electron chi connectivity index (χ4n) is 4.75. The zero-order valence-electron chi connectivity index (χ0n) is 21.9. The Balaban J connectivity index is 1.33. The standard InChI is InChI=1S/C27H27F3N6O3S/c1-17-13-19(16-31)14-18(2)25(17)39-24-7-8-32-26(34-24)33-20-3-6-23(22(15-20)27(28,29)30)35-9-11-36(12-10-35)40(37,38)21-4-5-21/h3,6-8,13-15,21H,4-5,9-12H2,1-2H3,(H,32,33,34). The van der Waals surface area contributed by atoms with Gasteiger partial charge >= 0.3 is 6.18 Å². The number of anilines is 3. The van der Waals surface area contributed by atoms with Gasteiger partial charge < -0.3 is 15.0 Å². The van der Waals surface area contributed by atoms with Crippen LogP contribution in [0.1, 0.15) is 35.1 Å². The molecule has 2 aromatic carbocycles. The first-order valence-corrected chi connectivity index (χ1v) is 14.2. The highest BCUT2D eigenvalue weighted by molar-refractivity contribution is 7.90. The number of sulfonamides is 1. The monoisotopic (exact) mass is 572 g/mol. The summed E-state index contributed by atoms with van der Waals surface area (Å²) in [7, 11) is -3.37. The molecule has 1 aromatic heterocycles. The number of nitrogens with one attached hydrogen (secondary N) is 1. The predicted molar refractivity (Wildman–Crippen MR) is 143 cm³/mol. The van der Waals surface area contributed by atoms with E-state index in [-0.39, 0.29) is 54.6 Å². The molecule has 2 heterocycles. The lowest BCUT2D eigenvalue weighted by Crippen LogP contribution is -2.50. The summed E-state index contributed by atoms with van der Waals surface area (Å²) in [6.45, 7) is 4.23. The van der Waals surface area contributed by atoms with Gasteiger partial charge in [-0.15, -0.1) is 0 Å². The Morgan fingerprint density at radius 3 is 2.33 bits per heavy atom. The van der Waals surface area contributed by atoms with Gasteiger partial charge in [-0.1, -0.05) is 0 Å². The Kier molecular flexibility index (Phi) is 7.32. The second-order valence-electron chi connectivity index (χ2n) is 9.86. The van der Waals surface area contributed by atoms with E-state index in [1.807, 2.05) is 0 Å². The average molecular weight is 573 g/mol. The quantitative estimate of drug-likeness (QED) is 0.415. The van der Waals surface area contributed by atoms with Crippen molar-refractivity contribution in [3.63, 3.8) is 0 Å². The lowest BCUT2D eigenvalue weighted by atomic mass is 10.1. The molecular weight excluding hydrogens is 545 g/mol. The van der Waals surface area contributed by atoms with E-state index in [2.05, 4.69) is 21.4 Å². The number of nitriles is 1. The van der Waals surface area contributed by atoms with Crippen LogP contribution in [0.3, 0.4) is 0 Å². The summed E-state index contributed by atoms with van der Waals surface area (Å²) in [6.07, 6.45) is -1.93. The number of rotatable bonds is 7. The number of hydrogen-bond acceptors (Lipinski definition) is 8. The van der Waals surface area contributed by atoms with E-state index in [0.29, 0.717) is 24.2 Å². The number of benzene rings is 2. The minimum Gasteiger partial charge on any atom is -0.438 e. The van der Waals surface area contributed by atoms with E-state index in [0.717, 1.165) is 17.2 Å². The van der Waals surface area contributed by atoms with Crippen LogP contribution in [0, 0.1) is 25.2 Å². The molecule has 13 heteroatoms. The Labute approximate surface area is 230 Å². The maximum Gasteiger partial charge on any atom is 0.418 e. The van der Waals surface area contributed by atoms with Crippen molar-refractivity contribution in [3.05, 3.63) is 64.8 Å². The number of alkyl halides is 3. The van der Waals surface area contributed by atoms with Gasteiger partial charge in [0.25, 0.3) is 0 Å². The van der Waals surface area contributed by atoms with E-state index in [1.54, 1.807) is 30.9 Å². The molecule has 0 bridgehead atoms. The largest absolute Gasteiger partial charge is 0.438 e. The Morgan fingerprint density at radius 2 is 1.73 bits per heavy atom. The van der Waals surface area contributed by atoms with Gasteiger partial charge in [-0.2, -0.15) is 27.7 Å². The second-order valence-corrected chi connectivity index (χ2v) is 12.1. The van der Waals surface area contributed by atoms with Crippen molar-refractivity contribution in [2.75, 3.05) is 36.4 Å². The lowest BCUT2D eigenvalue weighted by molar-refractivity contribution is -0.137. The Hall–Kier alpha value is -3.89. The number of hydrogen-bond donors (Lipinski definition) is 1. The molecule has 0 unspecified atom stereocenters. The van der Waals surface area contributed by atoms with Crippen molar-refractivity contribution < 1.29 is 26.3 Å². The number of piperazine rings is 1. The number of aryl methyl sites for hydroxylation is 2. The third-order valence-electron chi connectivity index (χ3n) is 6.87. The highest BCUT2D eigenvalue weighted by atomic mass is 32.2. The molecule has 5 rings (SSSR count). The van der Waals surface area contributed by atoms with Crippen molar-refractivity contribution in [1.82, 2.24) is 14.3 Å². The minimum absolute atomic E-state index is 0.00807. The predicted octanol–water partition coefficient (Wildman–Crippen LogP) is 5.13. The number of aromatic nitrogens is 2. The molecule has 2 fully saturated rings. The lowest BCUT2D eigenvalue weighted by Gasteiger charge is -2.36. The van der Waals surface area contributed by atoms with E-state index in [9.17, 15) is 21.6 Å². The molecular formula is C27H27F3N6O3S. The molecule has 1 N–H and O–H groups in total. The van der Waals surface area contributed by atoms with Crippen LogP contribution >= 0.6 is 0 Å². The summed E-state index contributed by atoms with van der Waals surface area (Å²) in [5, 5.41) is 11.6. The van der Waals surface area contributed by atoms with Crippen molar-refractivity contribution >= 4 is 27.3 Å². The number of nitrogens with zero attached hydrogens (tertiary/aromatic N) is 5. The molecule has 2 aliphatic rings. The Morgan fingerprint density at radius 1 is 1.05 bits per heavy atom. The molecule has 0 atom stereocenters. The summed E-state index contributed by atoms with van der Waals surface area (Å²) in [4.78, 5) is 9.95. The average Bonchev–Trinajstić information content (AvgIpc) is 3.77. The zero-order valence-corrected chi connectivity index (χ0v) is 22.7. The van der Waals surface area contributed by atoms with Crippen molar-refractivity contribution in [3.8, 4) is 17.7 Å². The minimum atomic E-state index is -4.64. The normalized spacial score (nSPS) is 16.4. The van der Waals surface area contributed by atoms with E-state index in [1.165, 1.54) is 28.7 Å². The smallest absolute Gasteiger partial charge is 0.418 e. The first-order valence-electron chi connectivity index (χ1n) is 12.7. The summed E-state index contributed by atoms with van der Waals surface area (Å²) in [5.41, 5.74) is 1.26. The first kappa shape index (κ1) is 27.7. The molecule has 0 amide bonds. The van der Waals surface area contributed by atoms with Gasteiger partial charge in [-0.3, -0.25) is 0 Å². The highest BCUT2D eigenvalue weighted by Crippen LogP contribution is 2.40. The molecule has 1 saturated carbocycles. The number of halogens is 3. The zero-order chi connectivity index (χ0) is 28.7. The van der Waals surface area contributed by atoms with Crippen LogP contribution in [0.4, 0.5) is 30.5 Å². The summed E-state index contributed by atoms with van der Waals surface area (Å²) in [6, 6.07) is 10.9. The molecule has 40 heavy (non-hydrogen) atoms. The SMILES string of the molecule is Cc1cc(C#N)cc(C)c1Oc1ccnc(Nc2ccc(N3CCN(S(=O)(=O)C4CC4)CC3)c(C(F)(F)F)c2)n1. The molecule has 0 radical (unpaired) electrons. The van der Waals surface area contributed by atoms with Crippen LogP contribution in [-0.2, 0) is 16.2 Å². The van der Waals surface area contributed by atoms with Gasteiger partial charge in [-0.05, 0) is 68.1 Å². The van der Waals surface area contributed by atoms with Gasteiger partial charge in [-0.25, -0.2) is 13.4 Å². The molecule has 3 aromatic rings. The van der Waals surface area contributed by atoms with E-state index >= 15 is 0 Å². The van der Waals surface area contributed by atoms with Gasteiger partial charge in [0.2, 0.25) is 21.9 Å². The summed E-state index contributed by atoms with van der Waals surface area (Å²) >= 11 is 0. The first-order chi connectivity index (χ1) is 19.0. The fraction of sp³-hybridized carbons (Fsp3) is 0.370. The van der Waals surface area contributed by atoms with Crippen LogP contribution in [0.15, 0.2) is 42.6 Å². The third-order valence-corrected chi connectivity index (χ3v) is 9.27. The molecule has 0 spiro atoms. The highest BCUT2D eigenvalue weighted by Gasteiger charge is 2.42. The molecule has 210 valence electrons. The van der Waals surface area contributed by atoms with Crippen molar-refractivity contribution in [2.24, 2.45) is 0 Å². The molecule has 1 saturated heterocycles. The van der Waals surface area contributed by atoms with Crippen LogP contribution in [0.5, 0.6) is 11.6 Å². The van der Waals surface area contributed by atoms with Gasteiger partial charge in [0, 0.05) is 49.8 Å². The fourth-order valence-corrected chi connectivity index (χ4v) is 6.57. The van der Waals surface area contributed by atoms with Crippen LogP contribution in [0.2, 0.25) is 0 Å². The summed E-state index contributed by atoms with van der Waals surface area (Å²) < 4.78 is 74.6. The topological polar surface area (TPSA) is 111 Å². The van der Waals surface area contributed by atoms with Crippen LogP contribution < -0.4 is 15.0 Å². The van der Waals surface area contributed by atoms with Gasteiger partial charge in [0.15, 0.2) is 0 Å². The maximum absolute atomic E-state index is 14.1. The summed E-state index contributed by atoms with van der Waals surface area (Å²) in [5.74, 6) is 0.749. The van der Waals surface area contributed by atoms with Crippen molar-refractivity contribution in [2.45, 2.75) is 38.1 Å². The maximum atomic E-state index is 14.1. The second kappa shape index (κ2) is 10.6. The van der Waals surface area contributed by atoms with E-state index < -0.39 is 21.8 Å². The van der Waals surface area contributed by atoms with Crippen LogP contribution in [-0.4, -0.2) is 54.1 Å².